The van der Waals surface area contributed by atoms with Gasteiger partial charge in [-0.2, -0.15) is 0 Å². The van der Waals surface area contributed by atoms with Gasteiger partial charge in [0.2, 0.25) is 0 Å². The molecule has 0 aromatic carbocycles. The van der Waals surface area contributed by atoms with Crippen molar-refractivity contribution < 1.29 is 4.39 Å². The van der Waals surface area contributed by atoms with Crippen LogP contribution >= 0.6 is 35.0 Å². The van der Waals surface area contributed by atoms with Gasteiger partial charge in [0.1, 0.15) is 5.03 Å². The third kappa shape index (κ3) is 3.33. The Hall–Kier alpha value is 0.01000. The maximum atomic E-state index is 13.1. The third-order valence-electron chi connectivity index (χ3n) is 1.30. The van der Waals surface area contributed by atoms with Gasteiger partial charge in [0.15, 0.2) is 5.82 Å². The first-order valence-electron chi connectivity index (χ1n) is 3.67. The quantitative estimate of drug-likeness (QED) is 0.591. The molecule has 72 valence electrons. The van der Waals surface area contributed by atoms with E-state index in [9.17, 15) is 4.39 Å². The molecule has 13 heavy (non-hydrogen) atoms. The molecule has 0 bridgehead atoms. The normalized spacial score (nSPS) is 12.9. The Morgan fingerprint density at radius 2 is 2.38 bits per heavy atom. The van der Waals surface area contributed by atoms with Gasteiger partial charge in [-0.25, -0.2) is 9.37 Å². The Labute approximate surface area is 90.6 Å². The number of thioether (sulfide) groups is 1. The largest absolute Gasteiger partial charge is 0.245 e. The van der Waals surface area contributed by atoms with Crippen molar-refractivity contribution in [1.82, 2.24) is 4.98 Å². The van der Waals surface area contributed by atoms with Crippen LogP contribution in [0.1, 0.15) is 6.92 Å². The SMILES string of the molecule is CC(CCl)Sc1ncc(Cl)cc1F. The van der Waals surface area contributed by atoms with Gasteiger partial charge in [0.25, 0.3) is 0 Å². The lowest BCUT2D eigenvalue weighted by atomic mass is 10.5. The number of pyridine rings is 1. The summed E-state index contributed by atoms with van der Waals surface area (Å²) in [5.41, 5.74) is 0. The summed E-state index contributed by atoms with van der Waals surface area (Å²) >= 11 is 12.4. The standard InChI is InChI=1S/C8H8Cl2FNS/c1-5(3-9)13-8-7(11)2-6(10)4-12-8/h2,4-5H,3H2,1H3. The van der Waals surface area contributed by atoms with Crippen LogP contribution in [0, 0.1) is 5.82 Å². The fourth-order valence-electron chi connectivity index (χ4n) is 0.711. The first-order chi connectivity index (χ1) is 6.13. The van der Waals surface area contributed by atoms with Crippen LogP contribution in [0.2, 0.25) is 5.02 Å². The topological polar surface area (TPSA) is 12.9 Å². The Kier molecular flexibility index (Phi) is 4.29. The van der Waals surface area contributed by atoms with E-state index in [4.69, 9.17) is 23.2 Å². The minimum absolute atomic E-state index is 0.143. The van der Waals surface area contributed by atoms with E-state index in [2.05, 4.69) is 4.98 Å². The van der Waals surface area contributed by atoms with E-state index in [1.165, 1.54) is 24.0 Å². The maximum Gasteiger partial charge on any atom is 0.156 e. The van der Waals surface area contributed by atoms with Crippen LogP contribution in [0.3, 0.4) is 0 Å². The second kappa shape index (κ2) is 5.03. The Balaban J connectivity index is 2.77. The fraction of sp³-hybridized carbons (Fsp3) is 0.375. The number of aromatic nitrogens is 1. The van der Waals surface area contributed by atoms with Crippen molar-refractivity contribution in [2.75, 3.05) is 5.88 Å². The van der Waals surface area contributed by atoms with Crippen molar-refractivity contribution in [2.45, 2.75) is 17.2 Å². The number of rotatable bonds is 3. The molecule has 0 spiro atoms. The number of alkyl halides is 1. The van der Waals surface area contributed by atoms with Gasteiger partial charge in [-0.15, -0.1) is 11.6 Å². The molecule has 1 nitrogen and oxygen atoms in total. The van der Waals surface area contributed by atoms with Crippen LogP contribution in [0.4, 0.5) is 4.39 Å². The van der Waals surface area contributed by atoms with Crippen molar-refractivity contribution in [3.63, 3.8) is 0 Å². The third-order valence-corrected chi connectivity index (χ3v) is 3.25. The van der Waals surface area contributed by atoms with Gasteiger partial charge in [-0.1, -0.05) is 30.3 Å². The molecule has 0 saturated carbocycles. The van der Waals surface area contributed by atoms with Crippen molar-refractivity contribution in [1.29, 1.82) is 0 Å². The Morgan fingerprint density at radius 3 is 2.92 bits per heavy atom. The smallest absolute Gasteiger partial charge is 0.156 e. The Morgan fingerprint density at radius 1 is 1.69 bits per heavy atom. The van der Waals surface area contributed by atoms with Gasteiger partial charge in [0, 0.05) is 17.3 Å². The lowest BCUT2D eigenvalue weighted by Crippen LogP contribution is -1.99. The zero-order chi connectivity index (χ0) is 9.84. The predicted molar refractivity (Wildman–Crippen MR) is 55.2 cm³/mol. The molecule has 0 amide bonds. The van der Waals surface area contributed by atoms with E-state index in [0.29, 0.717) is 15.9 Å². The van der Waals surface area contributed by atoms with E-state index < -0.39 is 5.82 Å². The van der Waals surface area contributed by atoms with E-state index in [-0.39, 0.29) is 5.25 Å². The van der Waals surface area contributed by atoms with Crippen molar-refractivity contribution in [3.8, 4) is 0 Å². The van der Waals surface area contributed by atoms with Crippen LogP contribution in [-0.4, -0.2) is 16.1 Å². The van der Waals surface area contributed by atoms with Gasteiger partial charge < -0.3 is 0 Å². The molecule has 1 heterocycles. The molecular weight excluding hydrogens is 232 g/mol. The summed E-state index contributed by atoms with van der Waals surface area (Å²) < 4.78 is 13.1. The molecule has 0 aliphatic heterocycles. The lowest BCUT2D eigenvalue weighted by molar-refractivity contribution is 0.587. The Bertz CT molecular complexity index is 295. The van der Waals surface area contributed by atoms with Crippen LogP contribution in [-0.2, 0) is 0 Å². The minimum atomic E-state index is -0.394. The highest BCUT2D eigenvalue weighted by Crippen LogP contribution is 2.25. The molecular formula is C8H8Cl2FNS. The molecule has 0 aliphatic rings. The number of nitrogens with zero attached hydrogens (tertiary/aromatic N) is 1. The summed E-state index contributed by atoms with van der Waals surface area (Å²) in [5, 5.41) is 0.794. The maximum absolute atomic E-state index is 13.1. The summed E-state index contributed by atoms with van der Waals surface area (Å²) in [6, 6.07) is 1.25. The first kappa shape index (κ1) is 11.1. The summed E-state index contributed by atoms with van der Waals surface area (Å²) in [5.74, 6) is 0.0727. The molecule has 0 fully saturated rings. The average molecular weight is 240 g/mol. The van der Waals surface area contributed by atoms with Crippen LogP contribution in [0.15, 0.2) is 17.3 Å². The second-order valence-corrected chi connectivity index (χ2v) is 4.70. The van der Waals surface area contributed by atoms with Gasteiger partial charge in [-0.05, 0) is 6.07 Å². The molecule has 5 heteroatoms. The monoisotopic (exact) mass is 239 g/mol. The summed E-state index contributed by atoms with van der Waals surface area (Å²) in [7, 11) is 0. The highest BCUT2D eigenvalue weighted by atomic mass is 35.5. The van der Waals surface area contributed by atoms with Crippen molar-refractivity contribution >= 4 is 35.0 Å². The molecule has 0 radical (unpaired) electrons. The summed E-state index contributed by atoms with van der Waals surface area (Å²) in [6.45, 7) is 1.91. The molecule has 1 atom stereocenters. The number of hydrogen-bond acceptors (Lipinski definition) is 2. The molecule has 1 rings (SSSR count). The van der Waals surface area contributed by atoms with Crippen LogP contribution in [0.5, 0.6) is 0 Å². The second-order valence-electron chi connectivity index (χ2n) is 2.52. The molecule has 0 N–H and O–H groups in total. The molecule has 0 saturated heterocycles. The zero-order valence-electron chi connectivity index (χ0n) is 6.93. The number of halogens is 3. The first-order valence-corrected chi connectivity index (χ1v) is 5.46. The zero-order valence-corrected chi connectivity index (χ0v) is 9.26. The van der Waals surface area contributed by atoms with Crippen LogP contribution < -0.4 is 0 Å². The highest BCUT2D eigenvalue weighted by molar-refractivity contribution is 7.99. The fourth-order valence-corrected chi connectivity index (χ4v) is 1.77. The predicted octanol–water partition coefficient (Wildman–Crippen LogP) is 3.59. The van der Waals surface area contributed by atoms with Gasteiger partial charge >= 0.3 is 0 Å². The van der Waals surface area contributed by atoms with E-state index in [1.807, 2.05) is 6.92 Å². The van der Waals surface area contributed by atoms with Gasteiger partial charge in [0.05, 0.1) is 5.02 Å². The summed E-state index contributed by atoms with van der Waals surface area (Å²) in [4.78, 5) is 3.86. The highest BCUT2D eigenvalue weighted by Gasteiger charge is 2.09. The molecule has 1 aromatic heterocycles. The van der Waals surface area contributed by atoms with Crippen molar-refractivity contribution in [2.24, 2.45) is 0 Å². The van der Waals surface area contributed by atoms with Crippen molar-refractivity contribution in [3.05, 3.63) is 23.1 Å². The van der Waals surface area contributed by atoms with E-state index >= 15 is 0 Å². The number of hydrogen-bond donors (Lipinski definition) is 0. The molecule has 1 aromatic rings. The summed E-state index contributed by atoms with van der Waals surface area (Å²) in [6.07, 6.45) is 1.42. The van der Waals surface area contributed by atoms with E-state index in [1.54, 1.807) is 0 Å². The lowest BCUT2D eigenvalue weighted by Gasteiger charge is -2.06. The minimum Gasteiger partial charge on any atom is -0.245 e. The average Bonchev–Trinajstić information content (AvgIpc) is 2.09. The van der Waals surface area contributed by atoms with Crippen LogP contribution in [0.25, 0.3) is 0 Å². The molecule has 1 unspecified atom stereocenters. The van der Waals surface area contributed by atoms with E-state index in [0.717, 1.165) is 0 Å². The molecule has 0 aliphatic carbocycles. The van der Waals surface area contributed by atoms with Gasteiger partial charge in [-0.3, -0.25) is 0 Å².